The van der Waals surface area contributed by atoms with Gasteiger partial charge in [-0.15, -0.1) is 16.8 Å². The second-order valence-electron chi connectivity index (χ2n) is 6.25. The molecule has 134 valence electrons. The molecule has 1 N–H and O–H groups in total. The van der Waals surface area contributed by atoms with E-state index in [9.17, 15) is 0 Å². The van der Waals surface area contributed by atoms with Crippen LogP contribution >= 0.6 is 11.8 Å². The smallest absolute Gasteiger partial charge is 0.191 e. The van der Waals surface area contributed by atoms with E-state index in [1.54, 1.807) is 18.9 Å². The predicted octanol–water partition coefficient (Wildman–Crippen LogP) is 4.68. The highest BCUT2D eigenvalue weighted by Crippen LogP contribution is 2.33. The summed E-state index contributed by atoms with van der Waals surface area (Å²) in [6.07, 6.45) is 8.26. The molecule has 0 saturated heterocycles. The van der Waals surface area contributed by atoms with Crippen molar-refractivity contribution in [3.8, 4) is 5.75 Å². The minimum absolute atomic E-state index is 0.512. The maximum absolute atomic E-state index is 5.29. The van der Waals surface area contributed by atoms with E-state index >= 15 is 0 Å². The quantitative estimate of drug-likeness (QED) is 0.548. The molecule has 0 bridgehead atoms. The summed E-state index contributed by atoms with van der Waals surface area (Å²) in [4.78, 5) is 0. The molecular formula is C19H26N4OS. The standard InChI is InChI=1S/C19H26N4OS/c1-3-12-25-19-22-21-18(23(19)16-9-5-4-6-10-16)14-20-15-8-7-11-17(13-15)24-2/h3,7-8,11,13,16,20H,1,4-6,9-10,12,14H2,2H3. The van der Waals surface area contributed by atoms with E-state index in [1.807, 2.05) is 30.3 Å². The van der Waals surface area contributed by atoms with Crippen LogP contribution in [0.1, 0.15) is 44.0 Å². The molecular weight excluding hydrogens is 332 g/mol. The van der Waals surface area contributed by atoms with Gasteiger partial charge in [-0.1, -0.05) is 43.2 Å². The SMILES string of the molecule is C=CCSc1nnc(CNc2cccc(OC)c2)n1C1CCCCC1. The lowest BCUT2D eigenvalue weighted by atomic mass is 9.95. The zero-order valence-corrected chi connectivity index (χ0v) is 15.6. The lowest BCUT2D eigenvalue weighted by Gasteiger charge is -2.25. The molecule has 25 heavy (non-hydrogen) atoms. The van der Waals surface area contributed by atoms with Crippen molar-refractivity contribution in [3.63, 3.8) is 0 Å². The van der Waals surface area contributed by atoms with Gasteiger partial charge in [0.25, 0.3) is 0 Å². The zero-order chi connectivity index (χ0) is 17.5. The molecule has 1 aliphatic rings. The third-order valence-electron chi connectivity index (χ3n) is 4.53. The number of hydrogen-bond donors (Lipinski definition) is 1. The minimum Gasteiger partial charge on any atom is -0.497 e. The number of rotatable bonds is 8. The fraction of sp³-hybridized carbons (Fsp3) is 0.474. The van der Waals surface area contributed by atoms with Crippen molar-refractivity contribution in [3.05, 3.63) is 42.7 Å². The average molecular weight is 359 g/mol. The van der Waals surface area contributed by atoms with Crippen molar-refractivity contribution < 1.29 is 4.74 Å². The number of aromatic nitrogens is 3. The number of ether oxygens (including phenoxy) is 1. The van der Waals surface area contributed by atoms with Gasteiger partial charge < -0.3 is 14.6 Å². The number of anilines is 1. The molecule has 2 aromatic rings. The summed E-state index contributed by atoms with van der Waals surface area (Å²) >= 11 is 1.71. The molecule has 1 aromatic carbocycles. The molecule has 1 fully saturated rings. The van der Waals surface area contributed by atoms with Crippen LogP contribution in [-0.4, -0.2) is 27.6 Å². The van der Waals surface area contributed by atoms with Crippen molar-refractivity contribution in [2.75, 3.05) is 18.2 Å². The average Bonchev–Trinajstić information content (AvgIpc) is 3.08. The summed E-state index contributed by atoms with van der Waals surface area (Å²) in [5, 5.41) is 13.4. The molecule has 0 aliphatic heterocycles. The van der Waals surface area contributed by atoms with E-state index in [1.165, 1.54) is 32.1 Å². The Kier molecular flexibility index (Phi) is 6.39. The first-order chi connectivity index (χ1) is 12.3. The fourth-order valence-electron chi connectivity index (χ4n) is 3.28. The van der Waals surface area contributed by atoms with Crippen LogP contribution in [0, 0.1) is 0 Å². The molecule has 1 aromatic heterocycles. The molecule has 1 saturated carbocycles. The summed E-state index contributed by atoms with van der Waals surface area (Å²) in [5.74, 6) is 2.70. The van der Waals surface area contributed by atoms with Gasteiger partial charge in [0.05, 0.1) is 13.7 Å². The van der Waals surface area contributed by atoms with Crippen molar-refractivity contribution in [2.24, 2.45) is 0 Å². The van der Waals surface area contributed by atoms with E-state index in [-0.39, 0.29) is 0 Å². The Morgan fingerprint density at radius 1 is 1.32 bits per heavy atom. The molecule has 3 rings (SSSR count). The van der Waals surface area contributed by atoms with E-state index in [2.05, 4.69) is 26.7 Å². The van der Waals surface area contributed by atoms with Crippen LogP contribution in [0.2, 0.25) is 0 Å². The summed E-state index contributed by atoms with van der Waals surface area (Å²) in [6.45, 7) is 4.47. The number of benzene rings is 1. The number of nitrogens with zero attached hydrogens (tertiary/aromatic N) is 3. The maximum atomic E-state index is 5.29. The number of nitrogens with one attached hydrogen (secondary N) is 1. The van der Waals surface area contributed by atoms with Crippen LogP contribution in [0.3, 0.4) is 0 Å². The molecule has 0 spiro atoms. The summed E-state index contributed by atoms with van der Waals surface area (Å²) in [5.41, 5.74) is 1.03. The predicted molar refractivity (Wildman–Crippen MR) is 103 cm³/mol. The monoisotopic (exact) mass is 358 g/mol. The maximum Gasteiger partial charge on any atom is 0.191 e. The lowest BCUT2D eigenvalue weighted by molar-refractivity contribution is 0.330. The van der Waals surface area contributed by atoms with E-state index in [0.717, 1.165) is 28.2 Å². The minimum atomic E-state index is 0.512. The first kappa shape index (κ1) is 17.9. The van der Waals surface area contributed by atoms with Gasteiger partial charge in [-0.3, -0.25) is 0 Å². The Morgan fingerprint density at radius 3 is 2.92 bits per heavy atom. The van der Waals surface area contributed by atoms with Crippen molar-refractivity contribution in [2.45, 2.75) is 49.8 Å². The molecule has 0 atom stereocenters. The fourth-order valence-corrected chi connectivity index (χ4v) is 4.04. The number of methoxy groups -OCH3 is 1. The van der Waals surface area contributed by atoms with Crippen LogP contribution in [0.5, 0.6) is 5.75 Å². The van der Waals surface area contributed by atoms with Crippen molar-refractivity contribution >= 4 is 17.4 Å². The molecule has 1 aliphatic carbocycles. The van der Waals surface area contributed by atoms with Gasteiger partial charge in [-0.25, -0.2) is 0 Å². The number of thioether (sulfide) groups is 1. The van der Waals surface area contributed by atoms with Gasteiger partial charge >= 0.3 is 0 Å². The molecule has 0 unspecified atom stereocenters. The Balaban J connectivity index is 1.77. The highest BCUT2D eigenvalue weighted by molar-refractivity contribution is 7.99. The Morgan fingerprint density at radius 2 is 2.16 bits per heavy atom. The van der Waals surface area contributed by atoms with Crippen molar-refractivity contribution in [1.29, 1.82) is 0 Å². The summed E-state index contributed by atoms with van der Waals surface area (Å²) in [6, 6.07) is 8.47. The van der Waals surface area contributed by atoms with E-state index < -0.39 is 0 Å². The van der Waals surface area contributed by atoms with Crippen molar-refractivity contribution in [1.82, 2.24) is 14.8 Å². The topological polar surface area (TPSA) is 52.0 Å². The molecule has 0 amide bonds. The second kappa shape index (κ2) is 8.94. The van der Waals surface area contributed by atoms with E-state index in [4.69, 9.17) is 4.74 Å². The first-order valence-corrected chi connectivity index (χ1v) is 9.85. The van der Waals surface area contributed by atoms with Gasteiger partial charge in [0.1, 0.15) is 5.75 Å². The highest BCUT2D eigenvalue weighted by Gasteiger charge is 2.22. The summed E-state index contributed by atoms with van der Waals surface area (Å²) in [7, 11) is 1.68. The van der Waals surface area contributed by atoms with Crippen LogP contribution < -0.4 is 10.1 Å². The van der Waals surface area contributed by atoms with E-state index in [0.29, 0.717) is 12.6 Å². The van der Waals surface area contributed by atoms with Gasteiger partial charge in [-0.2, -0.15) is 0 Å². The van der Waals surface area contributed by atoms with Crippen LogP contribution in [0.25, 0.3) is 0 Å². The van der Waals surface area contributed by atoms with Crippen LogP contribution in [0.15, 0.2) is 42.1 Å². The van der Waals surface area contributed by atoms with Crippen LogP contribution in [-0.2, 0) is 6.54 Å². The van der Waals surface area contributed by atoms with Gasteiger partial charge in [-0.05, 0) is 25.0 Å². The Labute approximate surface area is 153 Å². The first-order valence-electron chi connectivity index (χ1n) is 8.87. The number of hydrogen-bond acceptors (Lipinski definition) is 5. The molecule has 6 heteroatoms. The third kappa shape index (κ3) is 4.57. The van der Waals surface area contributed by atoms with Crippen LogP contribution in [0.4, 0.5) is 5.69 Å². The Hall–Kier alpha value is -1.95. The van der Waals surface area contributed by atoms with Gasteiger partial charge in [0.2, 0.25) is 0 Å². The second-order valence-corrected chi connectivity index (χ2v) is 7.23. The Bertz CT molecular complexity index is 694. The third-order valence-corrected chi connectivity index (χ3v) is 5.46. The molecule has 5 nitrogen and oxygen atoms in total. The van der Waals surface area contributed by atoms with Gasteiger partial charge in [0.15, 0.2) is 11.0 Å². The van der Waals surface area contributed by atoms with Gasteiger partial charge in [0, 0.05) is 23.5 Å². The molecule has 1 heterocycles. The lowest BCUT2D eigenvalue weighted by Crippen LogP contribution is -2.18. The molecule has 0 radical (unpaired) electrons. The zero-order valence-electron chi connectivity index (χ0n) is 14.8. The normalized spacial score (nSPS) is 15.1. The largest absolute Gasteiger partial charge is 0.497 e. The summed E-state index contributed by atoms with van der Waals surface area (Å²) < 4.78 is 7.64. The highest BCUT2D eigenvalue weighted by atomic mass is 32.2.